The highest BCUT2D eigenvalue weighted by Crippen LogP contribution is 2.34. The van der Waals surface area contributed by atoms with Crippen molar-refractivity contribution in [1.82, 2.24) is 24.2 Å². The van der Waals surface area contributed by atoms with Crippen molar-refractivity contribution in [1.29, 1.82) is 0 Å². The van der Waals surface area contributed by atoms with Crippen LogP contribution in [0.4, 0.5) is 5.82 Å². The van der Waals surface area contributed by atoms with E-state index in [-0.39, 0.29) is 0 Å². The molecule has 0 bridgehead atoms. The zero-order valence-corrected chi connectivity index (χ0v) is 22.2. The summed E-state index contributed by atoms with van der Waals surface area (Å²) in [7, 11) is 0. The van der Waals surface area contributed by atoms with Crippen molar-refractivity contribution in [3.63, 3.8) is 0 Å². The van der Waals surface area contributed by atoms with Gasteiger partial charge in [0, 0.05) is 61.0 Å². The van der Waals surface area contributed by atoms with E-state index in [9.17, 15) is 0 Å². The van der Waals surface area contributed by atoms with Crippen LogP contribution in [0.2, 0.25) is 0 Å². The lowest BCUT2D eigenvalue weighted by atomic mass is 10.0. The average molecular weight is 523 g/mol. The number of nitrogens with zero attached hydrogens (tertiary/aromatic N) is 5. The van der Waals surface area contributed by atoms with Gasteiger partial charge in [-0.2, -0.15) is 0 Å². The first kappa shape index (κ1) is 24.5. The number of anilines is 1. The van der Waals surface area contributed by atoms with E-state index in [4.69, 9.17) is 14.7 Å². The van der Waals surface area contributed by atoms with Crippen LogP contribution in [0.5, 0.6) is 5.75 Å². The number of fused-ring (bicyclic) bond motifs is 1. The summed E-state index contributed by atoms with van der Waals surface area (Å²) in [5.41, 5.74) is 5.73. The number of hydrogen-bond acceptors (Lipinski definition) is 7. The van der Waals surface area contributed by atoms with E-state index < -0.39 is 0 Å². The Balaban J connectivity index is 1.27. The van der Waals surface area contributed by atoms with E-state index in [1.165, 1.54) is 0 Å². The minimum Gasteiger partial charge on any atom is -0.488 e. The minimum atomic E-state index is 0.496. The predicted octanol–water partition coefficient (Wildman–Crippen LogP) is 6.06. The van der Waals surface area contributed by atoms with Crippen molar-refractivity contribution >= 4 is 28.9 Å². The molecule has 1 saturated heterocycles. The molecule has 6 rings (SSSR count). The van der Waals surface area contributed by atoms with Gasteiger partial charge in [0.2, 0.25) is 0 Å². The lowest BCUT2D eigenvalue weighted by Crippen LogP contribution is -2.43. The van der Waals surface area contributed by atoms with Gasteiger partial charge in [-0.1, -0.05) is 55.3 Å². The molecular weight excluding hydrogens is 492 g/mol. The number of benzene rings is 2. The van der Waals surface area contributed by atoms with Crippen molar-refractivity contribution in [3.05, 3.63) is 90.8 Å². The molecule has 4 heterocycles. The van der Waals surface area contributed by atoms with Crippen LogP contribution in [0.3, 0.4) is 0 Å². The lowest BCUT2D eigenvalue weighted by Gasteiger charge is -2.34. The van der Waals surface area contributed by atoms with Gasteiger partial charge in [0.25, 0.3) is 0 Å². The molecule has 7 nitrogen and oxygen atoms in total. The van der Waals surface area contributed by atoms with Crippen molar-refractivity contribution < 1.29 is 4.74 Å². The monoisotopic (exact) mass is 522 g/mol. The average Bonchev–Trinajstić information content (AvgIpc) is 3.41. The Labute approximate surface area is 227 Å². The molecule has 38 heavy (non-hydrogen) atoms. The zero-order chi connectivity index (χ0) is 25.7. The van der Waals surface area contributed by atoms with Crippen LogP contribution in [0.15, 0.2) is 85.2 Å². The van der Waals surface area contributed by atoms with E-state index in [0.29, 0.717) is 6.61 Å². The molecule has 2 aromatic carbocycles. The Hall–Kier alpha value is -3.88. The number of aromatic nitrogens is 4. The Kier molecular flexibility index (Phi) is 7.24. The van der Waals surface area contributed by atoms with Gasteiger partial charge in [-0.15, -0.1) is 0 Å². The molecule has 1 aliphatic heterocycles. The molecule has 0 amide bonds. The second-order valence-corrected chi connectivity index (χ2v) is 10.5. The van der Waals surface area contributed by atoms with Crippen LogP contribution in [0.1, 0.15) is 12.5 Å². The highest BCUT2D eigenvalue weighted by molar-refractivity contribution is 7.96. The molecule has 8 heteroatoms. The maximum Gasteiger partial charge on any atom is 0.160 e. The Morgan fingerprint density at radius 1 is 0.895 bits per heavy atom. The fourth-order valence-electron chi connectivity index (χ4n) is 4.71. The number of H-pyrrole nitrogens is 1. The third kappa shape index (κ3) is 5.37. The molecule has 192 valence electrons. The molecule has 1 aliphatic rings. The standard InChI is InChI=1S/C30H30N6OS/c1-2-38-36-17-15-35(16-18-36)28-13-11-26-30(33-28)34-29(32-26)23-10-12-27(37-21-22-7-4-3-5-8-22)25(19-23)24-9-6-14-31-20-24/h3-14,19-20H,2,15-18,21H2,1H3,(H,32,33,34). The van der Waals surface area contributed by atoms with Crippen molar-refractivity contribution in [2.24, 2.45) is 0 Å². The zero-order valence-electron chi connectivity index (χ0n) is 21.4. The molecule has 0 spiro atoms. The van der Waals surface area contributed by atoms with Gasteiger partial charge in [0.15, 0.2) is 5.65 Å². The summed E-state index contributed by atoms with van der Waals surface area (Å²) in [4.78, 5) is 19.9. The number of ether oxygens (including phenoxy) is 1. The van der Waals surface area contributed by atoms with Crippen molar-refractivity contribution in [3.8, 4) is 28.3 Å². The SMILES string of the molecule is CCSN1CCN(c2ccc3nc(-c4ccc(OCc5ccccc5)c(-c5cccnc5)c4)[nH]c3n2)CC1. The number of nitrogens with one attached hydrogen (secondary N) is 1. The first-order valence-electron chi connectivity index (χ1n) is 13.0. The molecule has 5 aromatic rings. The number of pyridine rings is 2. The summed E-state index contributed by atoms with van der Waals surface area (Å²) in [5.74, 6) is 3.70. The maximum absolute atomic E-state index is 6.25. The quantitative estimate of drug-likeness (QED) is 0.249. The van der Waals surface area contributed by atoms with Gasteiger partial charge >= 0.3 is 0 Å². The van der Waals surface area contributed by atoms with Gasteiger partial charge in [-0.05, 0) is 42.0 Å². The molecule has 0 saturated carbocycles. The molecule has 1 fully saturated rings. The van der Waals surface area contributed by atoms with E-state index in [2.05, 4.69) is 56.4 Å². The third-order valence-corrected chi connectivity index (χ3v) is 7.65. The Morgan fingerprint density at radius 2 is 1.76 bits per heavy atom. The summed E-state index contributed by atoms with van der Waals surface area (Å²) < 4.78 is 8.69. The van der Waals surface area contributed by atoms with Gasteiger partial charge in [-0.3, -0.25) is 4.98 Å². The van der Waals surface area contributed by atoms with Gasteiger partial charge in [-0.25, -0.2) is 14.3 Å². The number of aromatic amines is 1. The molecule has 0 aliphatic carbocycles. The highest BCUT2D eigenvalue weighted by atomic mass is 32.2. The summed E-state index contributed by atoms with van der Waals surface area (Å²) in [5, 5.41) is 0. The Morgan fingerprint density at radius 3 is 2.55 bits per heavy atom. The second kappa shape index (κ2) is 11.2. The largest absolute Gasteiger partial charge is 0.488 e. The normalized spacial score (nSPS) is 14.2. The molecule has 0 unspecified atom stereocenters. The minimum absolute atomic E-state index is 0.496. The van der Waals surface area contributed by atoms with Crippen LogP contribution >= 0.6 is 11.9 Å². The van der Waals surface area contributed by atoms with Gasteiger partial charge < -0.3 is 14.6 Å². The molecule has 0 atom stereocenters. The van der Waals surface area contributed by atoms with E-state index in [1.807, 2.05) is 60.6 Å². The summed E-state index contributed by atoms with van der Waals surface area (Å²) in [6.45, 7) is 6.74. The van der Waals surface area contributed by atoms with Crippen LogP contribution in [0.25, 0.3) is 33.7 Å². The van der Waals surface area contributed by atoms with E-state index >= 15 is 0 Å². The number of rotatable bonds is 8. The lowest BCUT2D eigenvalue weighted by molar-refractivity contribution is 0.307. The highest BCUT2D eigenvalue weighted by Gasteiger charge is 2.19. The molecule has 3 aromatic heterocycles. The predicted molar refractivity (Wildman–Crippen MR) is 155 cm³/mol. The molecular formula is C30H30N6OS. The third-order valence-electron chi connectivity index (χ3n) is 6.67. The van der Waals surface area contributed by atoms with Crippen molar-refractivity contribution in [2.75, 3.05) is 36.8 Å². The van der Waals surface area contributed by atoms with Crippen LogP contribution < -0.4 is 9.64 Å². The van der Waals surface area contributed by atoms with Crippen LogP contribution in [-0.2, 0) is 6.61 Å². The Bertz CT molecular complexity index is 1500. The van der Waals surface area contributed by atoms with Gasteiger partial charge in [0.1, 0.15) is 29.5 Å². The molecule has 0 radical (unpaired) electrons. The van der Waals surface area contributed by atoms with Gasteiger partial charge in [0.05, 0.1) is 0 Å². The summed E-state index contributed by atoms with van der Waals surface area (Å²) in [6, 6.07) is 24.5. The van der Waals surface area contributed by atoms with Crippen LogP contribution in [-0.4, -0.2) is 56.2 Å². The second-order valence-electron chi connectivity index (χ2n) is 9.18. The number of hydrogen-bond donors (Lipinski definition) is 1. The fraction of sp³-hybridized carbons (Fsp3) is 0.233. The van der Waals surface area contributed by atoms with E-state index in [0.717, 1.165) is 82.7 Å². The molecule has 1 N–H and O–H groups in total. The topological polar surface area (TPSA) is 70.2 Å². The first-order valence-corrected chi connectivity index (χ1v) is 13.9. The summed E-state index contributed by atoms with van der Waals surface area (Å²) in [6.07, 6.45) is 3.64. The first-order chi connectivity index (χ1) is 18.8. The fourth-order valence-corrected chi connectivity index (χ4v) is 5.50. The maximum atomic E-state index is 6.25. The smallest absolute Gasteiger partial charge is 0.160 e. The number of imidazole rings is 1. The van der Waals surface area contributed by atoms with Crippen molar-refractivity contribution in [2.45, 2.75) is 13.5 Å². The number of piperazine rings is 1. The summed E-state index contributed by atoms with van der Waals surface area (Å²) >= 11 is 1.91. The van der Waals surface area contributed by atoms with E-state index in [1.54, 1.807) is 6.20 Å². The van der Waals surface area contributed by atoms with Crippen LogP contribution in [0, 0.1) is 0 Å².